The van der Waals surface area contributed by atoms with E-state index in [1.54, 1.807) is 6.07 Å². The van der Waals surface area contributed by atoms with Crippen LogP contribution in [0.4, 0.5) is 24.0 Å². The van der Waals surface area contributed by atoms with E-state index < -0.39 is 24.2 Å². The molecular weight excluding hydrogens is 534 g/mol. The molecule has 1 aliphatic heterocycles. The minimum absolute atomic E-state index is 0.0598. The third-order valence-corrected chi connectivity index (χ3v) is 8.53. The Hall–Kier alpha value is -2.74. The molecular formula is C24H20Cl2F3N5OS. The van der Waals surface area contributed by atoms with Crippen LogP contribution in [0.5, 0.6) is 0 Å². The maximum absolute atomic E-state index is 14.0. The molecule has 0 fully saturated rings. The molecule has 0 unspecified atom stereocenters. The topological polar surface area (TPSA) is 82.7 Å². The van der Waals surface area contributed by atoms with Gasteiger partial charge in [-0.1, -0.05) is 36.2 Å². The van der Waals surface area contributed by atoms with Crippen molar-refractivity contribution in [2.75, 3.05) is 10.6 Å². The molecule has 0 spiro atoms. The molecule has 36 heavy (non-hydrogen) atoms. The van der Waals surface area contributed by atoms with Crippen molar-refractivity contribution in [3.8, 4) is 6.07 Å². The molecule has 5 rings (SSSR count). The number of benzene rings is 1. The second kappa shape index (κ2) is 9.29. The van der Waals surface area contributed by atoms with Crippen molar-refractivity contribution < 1.29 is 18.0 Å². The Morgan fingerprint density at radius 1 is 1.31 bits per heavy atom. The highest BCUT2D eigenvalue weighted by atomic mass is 35.5. The van der Waals surface area contributed by atoms with Gasteiger partial charge in [0.1, 0.15) is 16.9 Å². The lowest BCUT2D eigenvalue weighted by atomic mass is 9.89. The van der Waals surface area contributed by atoms with Crippen molar-refractivity contribution in [1.82, 2.24) is 9.78 Å². The number of anilines is 2. The van der Waals surface area contributed by atoms with E-state index in [4.69, 9.17) is 23.2 Å². The minimum Gasteiger partial charge on any atom is -0.363 e. The smallest absolute Gasteiger partial charge is 0.363 e. The molecule has 0 radical (unpaired) electrons. The molecule has 2 N–H and O–H groups in total. The van der Waals surface area contributed by atoms with Gasteiger partial charge in [-0.3, -0.25) is 4.79 Å². The predicted octanol–water partition coefficient (Wildman–Crippen LogP) is 7.16. The molecule has 0 bridgehead atoms. The fraction of sp³-hybridized carbons (Fsp3) is 0.375. The Kier molecular flexibility index (Phi) is 6.43. The van der Waals surface area contributed by atoms with Crippen molar-refractivity contribution in [2.24, 2.45) is 5.92 Å². The van der Waals surface area contributed by atoms with E-state index in [0.29, 0.717) is 27.1 Å². The van der Waals surface area contributed by atoms with Crippen LogP contribution in [0.25, 0.3) is 0 Å². The number of rotatable bonds is 3. The number of halogens is 5. The second-order valence-corrected chi connectivity index (χ2v) is 11.1. The zero-order valence-corrected chi connectivity index (χ0v) is 21.2. The van der Waals surface area contributed by atoms with Gasteiger partial charge >= 0.3 is 6.18 Å². The van der Waals surface area contributed by atoms with Crippen molar-refractivity contribution >= 4 is 51.3 Å². The number of thiophene rings is 1. The normalized spacial score (nSPS) is 21.2. The lowest BCUT2D eigenvalue weighted by Gasteiger charge is -2.33. The van der Waals surface area contributed by atoms with Gasteiger partial charge in [0, 0.05) is 17.4 Å². The molecule has 3 aromatic rings. The maximum Gasteiger partial charge on any atom is 0.410 e. The van der Waals surface area contributed by atoms with Gasteiger partial charge < -0.3 is 10.6 Å². The molecule has 1 aromatic carbocycles. The summed E-state index contributed by atoms with van der Waals surface area (Å²) in [6.07, 6.45) is -2.38. The largest absolute Gasteiger partial charge is 0.410 e. The van der Waals surface area contributed by atoms with Crippen LogP contribution in [0.2, 0.25) is 10.0 Å². The van der Waals surface area contributed by atoms with Gasteiger partial charge in [-0.05, 0) is 48.4 Å². The number of hydrogen-bond acceptors (Lipinski definition) is 5. The van der Waals surface area contributed by atoms with Crippen molar-refractivity contribution in [2.45, 2.75) is 50.9 Å². The Morgan fingerprint density at radius 2 is 2.08 bits per heavy atom. The summed E-state index contributed by atoms with van der Waals surface area (Å²) in [7, 11) is 0. The number of nitrogens with zero attached hydrogens (tertiary/aromatic N) is 3. The third kappa shape index (κ3) is 4.56. The number of carbonyl (C=O) groups excluding carboxylic acids is 1. The van der Waals surface area contributed by atoms with Gasteiger partial charge in [0.2, 0.25) is 0 Å². The number of nitriles is 1. The van der Waals surface area contributed by atoms with Crippen LogP contribution >= 0.6 is 34.5 Å². The molecule has 188 valence electrons. The molecule has 6 nitrogen and oxygen atoms in total. The summed E-state index contributed by atoms with van der Waals surface area (Å²) >= 11 is 13.4. The highest BCUT2D eigenvalue weighted by Crippen LogP contribution is 2.44. The molecule has 0 saturated carbocycles. The summed E-state index contributed by atoms with van der Waals surface area (Å²) in [4.78, 5) is 14.1. The summed E-state index contributed by atoms with van der Waals surface area (Å²) < 4.78 is 42.8. The molecule has 3 atom stereocenters. The van der Waals surface area contributed by atoms with Crippen LogP contribution in [0.15, 0.2) is 24.3 Å². The number of nitrogens with one attached hydrogen (secondary N) is 2. The van der Waals surface area contributed by atoms with Gasteiger partial charge in [0.05, 0.1) is 21.7 Å². The summed E-state index contributed by atoms with van der Waals surface area (Å²) in [5.41, 5.74) is 1.73. The molecule has 1 amide bonds. The van der Waals surface area contributed by atoms with E-state index in [-0.39, 0.29) is 23.0 Å². The Labute approximate surface area is 219 Å². The molecule has 2 aliphatic rings. The van der Waals surface area contributed by atoms with E-state index in [1.807, 2.05) is 0 Å². The van der Waals surface area contributed by atoms with Crippen LogP contribution in [0.1, 0.15) is 63.9 Å². The first-order chi connectivity index (χ1) is 17.0. The molecule has 3 heterocycles. The second-order valence-electron chi connectivity index (χ2n) is 9.14. The average molecular weight is 554 g/mol. The summed E-state index contributed by atoms with van der Waals surface area (Å²) in [6, 6.07) is 5.47. The quantitative estimate of drug-likeness (QED) is 0.360. The number of fused-ring (bicyclic) bond motifs is 2. The fourth-order valence-electron chi connectivity index (χ4n) is 4.76. The van der Waals surface area contributed by atoms with Crippen LogP contribution in [0.3, 0.4) is 0 Å². The highest BCUT2D eigenvalue weighted by Gasteiger charge is 2.47. The Morgan fingerprint density at radius 3 is 2.78 bits per heavy atom. The summed E-state index contributed by atoms with van der Waals surface area (Å²) in [5.74, 6) is -0.126. The fourth-order valence-corrected chi connectivity index (χ4v) is 6.42. The van der Waals surface area contributed by atoms with Crippen LogP contribution < -0.4 is 10.6 Å². The lowest BCUT2D eigenvalue weighted by molar-refractivity contribution is -0.173. The van der Waals surface area contributed by atoms with Crippen molar-refractivity contribution in [1.29, 1.82) is 5.26 Å². The van der Waals surface area contributed by atoms with E-state index in [9.17, 15) is 23.2 Å². The van der Waals surface area contributed by atoms with E-state index in [2.05, 4.69) is 28.7 Å². The summed E-state index contributed by atoms with van der Waals surface area (Å²) in [6.45, 7) is 2.14. The SMILES string of the molecule is C[C@H]1CCc2c(sc(NC(=O)c3cc4n(n3)[C@@H](C(F)(F)F)C[C@H](c3ccc(Cl)c(Cl)c3)N4)c2C#N)C1. The van der Waals surface area contributed by atoms with E-state index in [1.165, 1.54) is 29.5 Å². The first-order valence-electron chi connectivity index (χ1n) is 11.3. The zero-order valence-electron chi connectivity index (χ0n) is 18.9. The van der Waals surface area contributed by atoms with Gasteiger partial charge in [-0.2, -0.15) is 23.5 Å². The maximum atomic E-state index is 14.0. The van der Waals surface area contributed by atoms with Gasteiger partial charge in [0.25, 0.3) is 5.91 Å². The highest BCUT2D eigenvalue weighted by molar-refractivity contribution is 7.16. The lowest BCUT2D eigenvalue weighted by Crippen LogP contribution is -2.35. The Balaban J connectivity index is 1.45. The molecule has 2 aromatic heterocycles. The van der Waals surface area contributed by atoms with Gasteiger partial charge in [0.15, 0.2) is 11.7 Å². The number of alkyl halides is 3. The minimum atomic E-state index is -4.59. The number of amides is 1. The first-order valence-corrected chi connectivity index (χ1v) is 12.9. The molecule has 0 saturated heterocycles. The Bertz CT molecular complexity index is 1390. The van der Waals surface area contributed by atoms with Crippen molar-refractivity contribution in [3.05, 3.63) is 61.6 Å². The number of aromatic nitrogens is 2. The number of carbonyl (C=O) groups is 1. The van der Waals surface area contributed by atoms with Gasteiger partial charge in [-0.25, -0.2) is 4.68 Å². The number of hydrogen-bond donors (Lipinski definition) is 2. The monoisotopic (exact) mass is 553 g/mol. The van der Waals surface area contributed by atoms with Crippen molar-refractivity contribution in [3.63, 3.8) is 0 Å². The predicted molar refractivity (Wildman–Crippen MR) is 133 cm³/mol. The standard InChI is InChI=1S/C24H20Cl2F3N5OS/c1-11-2-4-13-14(10-30)23(36-19(13)6-11)32-22(35)18-9-21-31-17(12-3-5-15(25)16(26)7-12)8-20(24(27,28)29)34(21)33-18/h3,5,7,9,11,17,20,31H,2,4,6,8H2,1H3,(H,32,35)/t11-,17+,20+/m0/s1. The van der Waals surface area contributed by atoms with E-state index in [0.717, 1.165) is 34.4 Å². The third-order valence-electron chi connectivity index (χ3n) is 6.62. The average Bonchev–Trinajstić information content (AvgIpc) is 3.39. The van der Waals surface area contributed by atoms with E-state index >= 15 is 0 Å². The zero-order chi connectivity index (χ0) is 25.8. The van der Waals surface area contributed by atoms with Crippen LogP contribution in [0, 0.1) is 17.2 Å². The molecule has 12 heteroatoms. The first kappa shape index (κ1) is 24.9. The van der Waals surface area contributed by atoms with Crippen LogP contribution in [-0.2, 0) is 12.8 Å². The van der Waals surface area contributed by atoms with Crippen LogP contribution in [-0.4, -0.2) is 21.9 Å². The summed E-state index contributed by atoms with van der Waals surface area (Å²) in [5, 5.41) is 20.4. The van der Waals surface area contributed by atoms with Gasteiger partial charge in [-0.15, -0.1) is 11.3 Å². The molecule has 1 aliphatic carbocycles.